The van der Waals surface area contributed by atoms with Crippen molar-refractivity contribution in [3.63, 3.8) is 0 Å². The standard InChI is InChI=1S/C16H19ClN2O/c1-12-5-2-3-8-19(12)11-16-18-10-15(20-16)13-6-4-7-14(17)9-13/h4,6-7,9-10,12H,2-3,5,8,11H2,1H3. The number of likely N-dealkylation sites (tertiary alicyclic amines) is 1. The number of hydrogen-bond donors (Lipinski definition) is 0. The zero-order valence-electron chi connectivity index (χ0n) is 11.7. The summed E-state index contributed by atoms with van der Waals surface area (Å²) in [4.78, 5) is 6.84. The monoisotopic (exact) mass is 290 g/mol. The molecule has 3 nitrogen and oxygen atoms in total. The van der Waals surface area contributed by atoms with E-state index in [1.54, 1.807) is 6.20 Å². The van der Waals surface area contributed by atoms with Crippen LogP contribution in [0.25, 0.3) is 11.3 Å². The van der Waals surface area contributed by atoms with Gasteiger partial charge >= 0.3 is 0 Å². The molecule has 1 unspecified atom stereocenters. The molecule has 0 bridgehead atoms. The summed E-state index contributed by atoms with van der Waals surface area (Å²) in [7, 11) is 0. The molecule has 1 aromatic carbocycles. The number of hydrogen-bond acceptors (Lipinski definition) is 3. The smallest absolute Gasteiger partial charge is 0.209 e. The molecule has 1 saturated heterocycles. The molecule has 1 atom stereocenters. The Balaban J connectivity index is 1.73. The molecule has 0 saturated carbocycles. The molecule has 20 heavy (non-hydrogen) atoms. The van der Waals surface area contributed by atoms with E-state index in [4.69, 9.17) is 16.0 Å². The summed E-state index contributed by atoms with van der Waals surface area (Å²) < 4.78 is 5.86. The Hall–Kier alpha value is -1.32. The maximum atomic E-state index is 6.01. The van der Waals surface area contributed by atoms with Gasteiger partial charge in [-0.05, 0) is 38.4 Å². The van der Waals surface area contributed by atoms with Gasteiger partial charge in [0.15, 0.2) is 5.76 Å². The van der Waals surface area contributed by atoms with Gasteiger partial charge in [-0.1, -0.05) is 30.2 Å². The molecule has 0 spiro atoms. The van der Waals surface area contributed by atoms with Crippen LogP contribution in [0, 0.1) is 0 Å². The van der Waals surface area contributed by atoms with Crippen LogP contribution in [0.3, 0.4) is 0 Å². The molecule has 1 fully saturated rings. The molecule has 2 aromatic rings. The average Bonchev–Trinajstić information content (AvgIpc) is 2.90. The summed E-state index contributed by atoms with van der Waals surface area (Å²) in [6.07, 6.45) is 5.65. The lowest BCUT2D eigenvalue weighted by molar-refractivity contribution is 0.139. The minimum absolute atomic E-state index is 0.616. The van der Waals surface area contributed by atoms with Gasteiger partial charge in [0.1, 0.15) is 0 Å². The van der Waals surface area contributed by atoms with E-state index in [2.05, 4.69) is 16.8 Å². The lowest BCUT2D eigenvalue weighted by Crippen LogP contribution is -2.36. The number of oxazole rings is 1. The highest BCUT2D eigenvalue weighted by Crippen LogP contribution is 2.25. The number of aromatic nitrogens is 1. The fraction of sp³-hybridized carbons (Fsp3) is 0.438. The minimum atomic E-state index is 0.616. The Bertz CT molecular complexity index is 581. The van der Waals surface area contributed by atoms with Gasteiger partial charge in [0.05, 0.1) is 12.7 Å². The van der Waals surface area contributed by atoms with Gasteiger partial charge in [0.2, 0.25) is 5.89 Å². The molecule has 0 radical (unpaired) electrons. The largest absolute Gasteiger partial charge is 0.439 e. The van der Waals surface area contributed by atoms with E-state index in [0.29, 0.717) is 11.1 Å². The highest BCUT2D eigenvalue weighted by atomic mass is 35.5. The van der Waals surface area contributed by atoms with Crippen molar-refractivity contribution < 1.29 is 4.42 Å². The topological polar surface area (TPSA) is 29.3 Å². The van der Waals surface area contributed by atoms with E-state index >= 15 is 0 Å². The summed E-state index contributed by atoms with van der Waals surface area (Å²) in [5.74, 6) is 1.57. The predicted molar refractivity (Wildman–Crippen MR) is 80.7 cm³/mol. The Morgan fingerprint density at radius 2 is 2.30 bits per heavy atom. The third-order valence-corrected chi connectivity index (χ3v) is 4.18. The van der Waals surface area contributed by atoms with Crippen molar-refractivity contribution in [2.24, 2.45) is 0 Å². The van der Waals surface area contributed by atoms with Crippen LogP contribution in [-0.4, -0.2) is 22.5 Å². The summed E-state index contributed by atoms with van der Waals surface area (Å²) in [6, 6.07) is 8.28. The van der Waals surface area contributed by atoms with Gasteiger partial charge < -0.3 is 4.42 Å². The zero-order valence-corrected chi connectivity index (χ0v) is 12.4. The van der Waals surface area contributed by atoms with Crippen molar-refractivity contribution in [1.29, 1.82) is 0 Å². The molecule has 0 aliphatic carbocycles. The first-order chi connectivity index (χ1) is 9.72. The van der Waals surface area contributed by atoms with E-state index < -0.39 is 0 Å². The average molecular weight is 291 g/mol. The molecule has 2 heterocycles. The molecule has 1 aromatic heterocycles. The van der Waals surface area contributed by atoms with Gasteiger partial charge in [0.25, 0.3) is 0 Å². The van der Waals surface area contributed by atoms with Crippen molar-refractivity contribution >= 4 is 11.6 Å². The summed E-state index contributed by atoms with van der Waals surface area (Å²) >= 11 is 6.01. The Labute approximate surface area is 124 Å². The van der Waals surface area contributed by atoms with E-state index in [-0.39, 0.29) is 0 Å². The zero-order chi connectivity index (χ0) is 13.9. The van der Waals surface area contributed by atoms with Crippen LogP contribution in [0.5, 0.6) is 0 Å². The van der Waals surface area contributed by atoms with Gasteiger partial charge in [-0.3, -0.25) is 4.90 Å². The lowest BCUT2D eigenvalue weighted by atomic mass is 10.0. The second-order valence-corrected chi connectivity index (χ2v) is 5.88. The third-order valence-electron chi connectivity index (χ3n) is 3.94. The maximum absolute atomic E-state index is 6.01. The fourth-order valence-corrected chi connectivity index (χ4v) is 2.92. The van der Waals surface area contributed by atoms with Gasteiger partial charge in [-0.25, -0.2) is 4.98 Å². The molecule has 106 valence electrons. The quantitative estimate of drug-likeness (QED) is 0.840. The highest BCUT2D eigenvalue weighted by Gasteiger charge is 2.20. The van der Waals surface area contributed by atoms with Crippen molar-refractivity contribution in [1.82, 2.24) is 9.88 Å². The molecule has 1 aliphatic rings. The molecule has 4 heteroatoms. The van der Waals surface area contributed by atoms with Crippen LogP contribution in [0.2, 0.25) is 5.02 Å². The SMILES string of the molecule is CC1CCCCN1Cc1ncc(-c2cccc(Cl)c2)o1. The number of piperidine rings is 1. The van der Waals surface area contributed by atoms with Crippen molar-refractivity contribution in [3.8, 4) is 11.3 Å². The predicted octanol–water partition coefficient (Wildman–Crippen LogP) is 4.37. The summed E-state index contributed by atoms with van der Waals surface area (Å²) in [6.45, 7) is 4.21. The lowest BCUT2D eigenvalue weighted by Gasteiger charge is -2.32. The van der Waals surface area contributed by atoms with Crippen LogP contribution >= 0.6 is 11.6 Å². The normalized spacial score (nSPS) is 20.2. The van der Waals surface area contributed by atoms with Crippen LogP contribution in [-0.2, 0) is 6.54 Å². The fourth-order valence-electron chi connectivity index (χ4n) is 2.72. The van der Waals surface area contributed by atoms with Crippen LogP contribution in [0.1, 0.15) is 32.1 Å². The Kier molecular flexibility index (Phi) is 4.08. The Morgan fingerprint density at radius 1 is 1.40 bits per heavy atom. The molecule has 1 aliphatic heterocycles. The summed E-state index contributed by atoms with van der Waals surface area (Å²) in [5, 5.41) is 0.713. The highest BCUT2D eigenvalue weighted by molar-refractivity contribution is 6.30. The van der Waals surface area contributed by atoms with Crippen LogP contribution < -0.4 is 0 Å². The first kappa shape index (κ1) is 13.7. The minimum Gasteiger partial charge on any atom is -0.439 e. The van der Waals surface area contributed by atoms with Gasteiger partial charge in [0, 0.05) is 16.6 Å². The molecule has 0 N–H and O–H groups in total. The first-order valence-corrected chi connectivity index (χ1v) is 7.55. The number of benzene rings is 1. The number of nitrogens with zero attached hydrogens (tertiary/aromatic N) is 2. The van der Waals surface area contributed by atoms with Crippen molar-refractivity contribution in [2.45, 2.75) is 38.8 Å². The van der Waals surface area contributed by atoms with E-state index in [1.165, 1.54) is 19.3 Å². The third kappa shape index (κ3) is 3.05. The van der Waals surface area contributed by atoms with E-state index in [0.717, 1.165) is 30.3 Å². The summed E-state index contributed by atoms with van der Waals surface area (Å²) in [5.41, 5.74) is 0.975. The van der Waals surface area contributed by atoms with Crippen LogP contribution in [0.4, 0.5) is 0 Å². The van der Waals surface area contributed by atoms with E-state index in [1.807, 2.05) is 24.3 Å². The Morgan fingerprint density at radius 3 is 3.10 bits per heavy atom. The van der Waals surface area contributed by atoms with Gasteiger partial charge in [-0.15, -0.1) is 0 Å². The number of rotatable bonds is 3. The maximum Gasteiger partial charge on any atom is 0.209 e. The van der Waals surface area contributed by atoms with Crippen molar-refractivity contribution in [3.05, 3.63) is 41.4 Å². The number of halogens is 1. The van der Waals surface area contributed by atoms with Crippen LogP contribution in [0.15, 0.2) is 34.9 Å². The first-order valence-electron chi connectivity index (χ1n) is 7.17. The molecule has 0 amide bonds. The van der Waals surface area contributed by atoms with E-state index in [9.17, 15) is 0 Å². The molecular formula is C16H19ClN2O. The second kappa shape index (κ2) is 5.98. The molecule has 3 rings (SSSR count). The van der Waals surface area contributed by atoms with Crippen molar-refractivity contribution in [2.75, 3.05) is 6.54 Å². The second-order valence-electron chi connectivity index (χ2n) is 5.44. The molecular weight excluding hydrogens is 272 g/mol. The van der Waals surface area contributed by atoms with Gasteiger partial charge in [-0.2, -0.15) is 0 Å².